The Hall–Kier alpha value is -1.26. The number of hydrogen-bond donors (Lipinski definition) is 1. The summed E-state index contributed by atoms with van der Waals surface area (Å²) < 4.78 is 17.0. The summed E-state index contributed by atoms with van der Waals surface area (Å²) in [5, 5.41) is 3.54. The van der Waals surface area contributed by atoms with Crippen LogP contribution in [0.3, 0.4) is 0 Å². The zero-order valence-electron chi connectivity index (χ0n) is 13.4. The molecule has 2 rings (SSSR count). The Bertz CT molecular complexity index is 432. The molecule has 0 bridgehead atoms. The second-order valence-corrected chi connectivity index (χ2v) is 5.54. The lowest BCUT2D eigenvalue weighted by Crippen LogP contribution is -2.19. The van der Waals surface area contributed by atoms with Crippen molar-refractivity contribution >= 4 is 0 Å². The SMILES string of the molecule is CCOc1cccc(CNC2CC2)c1OC(C)CCOC. The Balaban J connectivity index is 2.07. The van der Waals surface area contributed by atoms with E-state index in [0.29, 0.717) is 19.3 Å². The molecule has 1 atom stereocenters. The van der Waals surface area contributed by atoms with Gasteiger partial charge in [-0.2, -0.15) is 0 Å². The number of para-hydroxylation sites is 1. The highest BCUT2D eigenvalue weighted by Gasteiger charge is 2.21. The van der Waals surface area contributed by atoms with Gasteiger partial charge in [-0.25, -0.2) is 0 Å². The molecule has 1 N–H and O–H groups in total. The van der Waals surface area contributed by atoms with Crippen molar-refractivity contribution in [3.63, 3.8) is 0 Å². The van der Waals surface area contributed by atoms with E-state index in [2.05, 4.69) is 18.3 Å². The van der Waals surface area contributed by atoms with Crippen LogP contribution < -0.4 is 14.8 Å². The molecular formula is C17H27NO3. The van der Waals surface area contributed by atoms with E-state index in [1.54, 1.807) is 7.11 Å². The highest BCUT2D eigenvalue weighted by Crippen LogP contribution is 2.33. The summed E-state index contributed by atoms with van der Waals surface area (Å²) in [6.07, 6.45) is 3.54. The molecule has 0 aliphatic heterocycles. The summed E-state index contributed by atoms with van der Waals surface area (Å²) in [6.45, 7) is 6.24. The van der Waals surface area contributed by atoms with E-state index in [0.717, 1.165) is 30.0 Å². The Labute approximate surface area is 127 Å². The Morgan fingerprint density at radius 1 is 1.33 bits per heavy atom. The summed E-state index contributed by atoms with van der Waals surface area (Å²) in [6, 6.07) is 6.79. The van der Waals surface area contributed by atoms with Gasteiger partial charge in [0.05, 0.1) is 12.7 Å². The summed E-state index contributed by atoms with van der Waals surface area (Å²) in [4.78, 5) is 0. The highest BCUT2D eigenvalue weighted by molar-refractivity contribution is 5.46. The van der Waals surface area contributed by atoms with Crippen LogP contribution in [0.1, 0.15) is 38.7 Å². The summed E-state index contributed by atoms with van der Waals surface area (Å²) in [5.41, 5.74) is 1.16. The molecule has 0 aromatic heterocycles. The average Bonchev–Trinajstić information content (AvgIpc) is 3.30. The van der Waals surface area contributed by atoms with Gasteiger partial charge in [-0.3, -0.25) is 0 Å². The van der Waals surface area contributed by atoms with Crippen molar-refractivity contribution in [2.24, 2.45) is 0 Å². The molecule has 4 nitrogen and oxygen atoms in total. The van der Waals surface area contributed by atoms with Crippen LogP contribution in [0.15, 0.2) is 18.2 Å². The average molecular weight is 293 g/mol. The minimum absolute atomic E-state index is 0.103. The van der Waals surface area contributed by atoms with Gasteiger partial charge in [-0.15, -0.1) is 0 Å². The molecule has 1 unspecified atom stereocenters. The quantitative estimate of drug-likeness (QED) is 0.719. The first-order valence-electron chi connectivity index (χ1n) is 7.88. The third kappa shape index (κ3) is 5.21. The maximum atomic E-state index is 6.14. The van der Waals surface area contributed by atoms with Crippen molar-refractivity contribution in [2.75, 3.05) is 20.3 Å². The van der Waals surface area contributed by atoms with E-state index >= 15 is 0 Å². The van der Waals surface area contributed by atoms with Gasteiger partial charge >= 0.3 is 0 Å². The molecule has 1 aromatic carbocycles. The lowest BCUT2D eigenvalue weighted by Gasteiger charge is -2.20. The zero-order valence-corrected chi connectivity index (χ0v) is 13.4. The van der Waals surface area contributed by atoms with E-state index in [1.165, 1.54) is 12.8 Å². The van der Waals surface area contributed by atoms with Crippen molar-refractivity contribution < 1.29 is 14.2 Å². The van der Waals surface area contributed by atoms with Crippen LogP contribution in [0, 0.1) is 0 Å². The molecule has 0 saturated heterocycles. The Morgan fingerprint density at radius 2 is 2.14 bits per heavy atom. The summed E-state index contributed by atoms with van der Waals surface area (Å²) in [7, 11) is 1.71. The number of rotatable bonds is 10. The van der Waals surface area contributed by atoms with Crippen molar-refractivity contribution in [3.05, 3.63) is 23.8 Å². The van der Waals surface area contributed by atoms with Gasteiger partial charge in [0.25, 0.3) is 0 Å². The van der Waals surface area contributed by atoms with Gasteiger partial charge in [0.1, 0.15) is 0 Å². The standard InChI is InChI=1S/C17H27NO3/c1-4-20-16-7-5-6-14(12-18-15-8-9-15)17(16)21-13(2)10-11-19-3/h5-7,13,15,18H,4,8-12H2,1-3H3. The van der Waals surface area contributed by atoms with Gasteiger partial charge in [-0.1, -0.05) is 12.1 Å². The van der Waals surface area contributed by atoms with Crippen molar-refractivity contribution in [1.29, 1.82) is 0 Å². The smallest absolute Gasteiger partial charge is 0.166 e. The molecule has 1 aliphatic rings. The highest BCUT2D eigenvalue weighted by atomic mass is 16.5. The van der Waals surface area contributed by atoms with Crippen LogP contribution in [-0.4, -0.2) is 32.5 Å². The normalized spacial score (nSPS) is 15.8. The lowest BCUT2D eigenvalue weighted by molar-refractivity contribution is 0.131. The molecule has 0 heterocycles. The molecule has 0 amide bonds. The van der Waals surface area contributed by atoms with Crippen LogP contribution in [-0.2, 0) is 11.3 Å². The first kappa shape index (κ1) is 16.1. The van der Waals surface area contributed by atoms with Crippen molar-refractivity contribution in [2.45, 2.75) is 51.8 Å². The minimum atomic E-state index is 0.103. The van der Waals surface area contributed by atoms with Gasteiger partial charge in [-0.05, 0) is 32.8 Å². The Morgan fingerprint density at radius 3 is 2.81 bits per heavy atom. The van der Waals surface area contributed by atoms with Gasteiger partial charge in [0.2, 0.25) is 0 Å². The van der Waals surface area contributed by atoms with E-state index < -0.39 is 0 Å². The van der Waals surface area contributed by atoms with Crippen LogP contribution in [0.2, 0.25) is 0 Å². The predicted octanol–water partition coefficient (Wildman–Crippen LogP) is 3.14. The third-order valence-electron chi connectivity index (χ3n) is 3.57. The molecule has 1 fully saturated rings. The second kappa shape index (κ2) is 8.25. The van der Waals surface area contributed by atoms with Gasteiger partial charge < -0.3 is 19.5 Å². The summed E-state index contributed by atoms with van der Waals surface area (Å²) >= 11 is 0. The zero-order chi connectivity index (χ0) is 15.1. The third-order valence-corrected chi connectivity index (χ3v) is 3.57. The molecule has 0 spiro atoms. The van der Waals surface area contributed by atoms with E-state index in [4.69, 9.17) is 14.2 Å². The molecule has 1 aliphatic carbocycles. The van der Waals surface area contributed by atoms with Crippen LogP contribution >= 0.6 is 0 Å². The van der Waals surface area contributed by atoms with Crippen LogP contribution in [0.4, 0.5) is 0 Å². The fourth-order valence-corrected chi connectivity index (χ4v) is 2.19. The topological polar surface area (TPSA) is 39.7 Å². The fourth-order valence-electron chi connectivity index (χ4n) is 2.19. The molecule has 0 radical (unpaired) electrons. The predicted molar refractivity (Wildman–Crippen MR) is 84.1 cm³/mol. The van der Waals surface area contributed by atoms with E-state index in [-0.39, 0.29) is 6.10 Å². The largest absolute Gasteiger partial charge is 0.490 e. The van der Waals surface area contributed by atoms with Gasteiger partial charge in [0, 0.05) is 38.3 Å². The molecule has 118 valence electrons. The maximum Gasteiger partial charge on any atom is 0.166 e. The molecule has 4 heteroatoms. The van der Waals surface area contributed by atoms with Gasteiger partial charge in [0.15, 0.2) is 11.5 Å². The number of methoxy groups -OCH3 is 1. The van der Waals surface area contributed by atoms with E-state index in [1.807, 2.05) is 19.1 Å². The van der Waals surface area contributed by atoms with Crippen LogP contribution in [0.5, 0.6) is 11.5 Å². The molecular weight excluding hydrogens is 266 g/mol. The minimum Gasteiger partial charge on any atom is -0.490 e. The first-order chi connectivity index (χ1) is 10.2. The molecule has 1 saturated carbocycles. The number of hydrogen-bond acceptors (Lipinski definition) is 4. The number of benzene rings is 1. The molecule has 1 aromatic rings. The fraction of sp³-hybridized carbons (Fsp3) is 0.647. The molecule has 21 heavy (non-hydrogen) atoms. The lowest BCUT2D eigenvalue weighted by atomic mass is 10.1. The summed E-state index contributed by atoms with van der Waals surface area (Å²) in [5.74, 6) is 1.70. The first-order valence-corrected chi connectivity index (χ1v) is 7.88. The monoisotopic (exact) mass is 293 g/mol. The second-order valence-electron chi connectivity index (χ2n) is 5.54. The number of ether oxygens (including phenoxy) is 3. The van der Waals surface area contributed by atoms with Crippen LogP contribution in [0.25, 0.3) is 0 Å². The van der Waals surface area contributed by atoms with E-state index in [9.17, 15) is 0 Å². The number of nitrogens with one attached hydrogen (secondary N) is 1. The maximum absolute atomic E-state index is 6.14. The van der Waals surface area contributed by atoms with Crippen molar-refractivity contribution in [3.8, 4) is 11.5 Å². The van der Waals surface area contributed by atoms with Crippen molar-refractivity contribution in [1.82, 2.24) is 5.32 Å². The Kier molecular flexibility index (Phi) is 6.33.